The lowest BCUT2D eigenvalue weighted by atomic mass is 10.1. The Balaban J connectivity index is 2.29. The summed E-state index contributed by atoms with van der Waals surface area (Å²) in [6.07, 6.45) is 1.83. The van der Waals surface area contributed by atoms with Crippen molar-refractivity contribution in [2.45, 2.75) is 19.3 Å². The molecule has 0 aliphatic heterocycles. The molecule has 0 aromatic heterocycles. The zero-order chi connectivity index (χ0) is 12.0. The number of halogens is 1. The summed E-state index contributed by atoms with van der Waals surface area (Å²) < 4.78 is 12.6. The summed E-state index contributed by atoms with van der Waals surface area (Å²) in [7, 11) is 3.90. The van der Waals surface area contributed by atoms with Gasteiger partial charge in [0.2, 0.25) is 0 Å². The number of hydrogen-bond donors (Lipinski definition) is 0. The van der Waals surface area contributed by atoms with Gasteiger partial charge < -0.3 is 4.90 Å². The highest BCUT2D eigenvalue weighted by atomic mass is 19.1. The maximum atomic E-state index is 12.6. The van der Waals surface area contributed by atoms with Crippen LogP contribution >= 0.6 is 0 Å². The molecule has 0 unspecified atom stereocenters. The van der Waals surface area contributed by atoms with E-state index in [2.05, 4.69) is 0 Å². The molecule has 0 amide bonds. The number of nitrogens with zero attached hydrogens (tertiary/aromatic N) is 1. The molecule has 0 N–H and O–H groups in total. The van der Waals surface area contributed by atoms with Crippen LogP contribution in [0.1, 0.15) is 18.4 Å². The Kier molecular flexibility index (Phi) is 5.12. The Hall–Kier alpha value is -1.22. The fraction of sp³-hybridized carbons (Fsp3) is 0.462. The normalized spacial score (nSPS) is 10.8. The van der Waals surface area contributed by atoms with Crippen molar-refractivity contribution in [3.05, 3.63) is 35.6 Å². The fourth-order valence-electron chi connectivity index (χ4n) is 1.41. The Labute approximate surface area is 96.1 Å². The van der Waals surface area contributed by atoms with Gasteiger partial charge in [-0.1, -0.05) is 12.1 Å². The van der Waals surface area contributed by atoms with Crippen LogP contribution in [-0.4, -0.2) is 31.3 Å². The van der Waals surface area contributed by atoms with Crippen LogP contribution in [0.5, 0.6) is 0 Å². The number of Topliss-reactive ketones (excluding diaryl/α,β-unsaturated/α-hetero) is 1. The minimum atomic E-state index is -0.234. The molecular formula is C13H18FNO. The van der Waals surface area contributed by atoms with E-state index in [9.17, 15) is 9.18 Å². The predicted octanol–water partition coefficient (Wildman–Crippen LogP) is 2.28. The van der Waals surface area contributed by atoms with Crippen molar-refractivity contribution >= 4 is 5.78 Å². The molecule has 0 heterocycles. The van der Waals surface area contributed by atoms with Crippen molar-refractivity contribution in [2.75, 3.05) is 20.6 Å². The van der Waals surface area contributed by atoms with Crippen LogP contribution in [0, 0.1) is 5.82 Å². The lowest BCUT2D eigenvalue weighted by molar-refractivity contribution is -0.119. The van der Waals surface area contributed by atoms with Gasteiger partial charge in [0, 0.05) is 19.4 Å². The molecule has 0 saturated heterocycles. The third kappa shape index (κ3) is 5.03. The Morgan fingerprint density at radius 2 is 1.81 bits per heavy atom. The van der Waals surface area contributed by atoms with Crippen LogP contribution in [0.15, 0.2) is 24.3 Å². The molecule has 0 spiro atoms. The van der Waals surface area contributed by atoms with Crippen molar-refractivity contribution in [3.63, 3.8) is 0 Å². The summed E-state index contributed by atoms with van der Waals surface area (Å²) in [4.78, 5) is 13.5. The van der Waals surface area contributed by atoms with E-state index in [1.807, 2.05) is 19.0 Å². The molecule has 0 radical (unpaired) electrons. The molecule has 0 aliphatic carbocycles. The van der Waals surface area contributed by atoms with Gasteiger partial charge in [-0.15, -0.1) is 0 Å². The molecule has 88 valence electrons. The fourth-order valence-corrected chi connectivity index (χ4v) is 1.41. The van der Waals surface area contributed by atoms with Gasteiger partial charge in [-0.2, -0.15) is 0 Å². The summed E-state index contributed by atoms with van der Waals surface area (Å²) in [6.45, 7) is 0.794. The average molecular weight is 223 g/mol. The van der Waals surface area contributed by atoms with Crippen molar-refractivity contribution in [2.24, 2.45) is 0 Å². The molecule has 1 rings (SSSR count). The number of carbonyl (C=O) groups excluding carboxylic acids is 1. The van der Waals surface area contributed by atoms with Gasteiger partial charge in [0.05, 0.1) is 0 Å². The van der Waals surface area contributed by atoms with Crippen LogP contribution in [0.25, 0.3) is 0 Å². The first-order valence-electron chi connectivity index (χ1n) is 5.49. The number of rotatable bonds is 6. The molecule has 0 atom stereocenters. The van der Waals surface area contributed by atoms with Gasteiger partial charge in [0.25, 0.3) is 0 Å². The van der Waals surface area contributed by atoms with Gasteiger partial charge in [-0.3, -0.25) is 4.79 Å². The van der Waals surface area contributed by atoms with Crippen LogP contribution < -0.4 is 0 Å². The molecule has 2 nitrogen and oxygen atoms in total. The molecule has 0 aliphatic rings. The summed E-state index contributed by atoms with van der Waals surface area (Å²) in [5, 5.41) is 0. The standard InChI is InChI=1S/C13H18FNO/c1-15(2)10-9-13(16)8-5-11-3-6-12(14)7-4-11/h3-4,6-7H,5,8-10H2,1-2H3. The second-order valence-electron chi connectivity index (χ2n) is 4.22. The monoisotopic (exact) mass is 223 g/mol. The lowest BCUT2D eigenvalue weighted by Gasteiger charge is -2.08. The zero-order valence-corrected chi connectivity index (χ0v) is 9.87. The SMILES string of the molecule is CN(C)CCC(=O)CCc1ccc(F)cc1. The first-order chi connectivity index (χ1) is 7.58. The molecule has 0 saturated carbocycles. The van der Waals surface area contributed by atoms with Gasteiger partial charge >= 0.3 is 0 Å². The van der Waals surface area contributed by atoms with E-state index in [4.69, 9.17) is 0 Å². The Bertz CT molecular complexity index is 332. The first-order valence-corrected chi connectivity index (χ1v) is 5.49. The molecule has 0 fully saturated rings. The second kappa shape index (κ2) is 6.38. The van der Waals surface area contributed by atoms with Crippen molar-refractivity contribution in [3.8, 4) is 0 Å². The molecular weight excluding hydrogens is 205 g/mol. The lowest BCUT2D eigenvalue weighted by Crippen LogP contribution is -2.16. The first kappa shape index (κ1) is 12.8. The highest BCUT2D eigenvalue weighted by Crippen LogP contribution is 2.06. The van der Waals surface area contributed by atoms with E-state index in [0.29, 0.717) is 19.3 Å². The summed E-state index contributed by atoms with van der Waals surface area (Å²) >= 11 is 0. The van der Waals surface area contributed by atoms with Gasteiger partial charge in [0.1, 0.15) is 11.6 Å². The molecule has 3 heteroatoms. The number of carbonyl (C=O) groups is 1. The Morgan fingerprint density at radius 3 is 2.38 bits per heavy atom. The van der Waals surface area contributed by atoms with Gasteiger partial charge in [-0.05, 0) is 38.2 Å². The van der Waals surface area contributed by atoms with E-state index in [-0.39, 0.29) is 11.6 Å². The molecule has 1 aromatic rings. The molecule has 0 bridgehead atoms. The van der Waals surface area contributed by atoms with Crippen LogP contribution in [0.3, 0.4) is 0 Å². The Morgan fingerprint density at radius 1 is 1.19 bits per heavy atom. The van der Waals surface area contributed by atoms with E-state index < -0.39 is 0 Å². The van der Waals surface area contributed by atoms with Crippen molar-refractivity contribution in [1.82, 2.24) is 4.90 Å². The molecule has 16 heavy (non-hydrogen) atoms. The number of benzene rings is 1. The number of aryl methyl sites for hydroxylation is 1. The third-order valence-corrected chi connectivity index (χ3v) is 2.44. The van der Waals surface area contributed by atoms with E-state index in [1.165, 1.54) is 12.1 Å². The number of ketones is 1. The second-order valence-corrected chi connectivity index (χ2v) is 4.22. The third-order valence-electron chi connectivity index (χ3n) is 2.44. The minimum absolute atomic E-state index is 0.234. The van der Waals surface area contributed by atoms with E-state index in [1.54, 1.807) is 12.1 Å². The zero-order valence-electron chi connectivity index (χ0n) is 9.87. The van der Waals surface area contributed by atoms with Crippen molar-refractivity contribution < 1.29 is 9.18 Å². The van der Waals surface area contributed by atoms with E-state index >= 15 is 0 Å². The smallest absolute Gasteiger partial charge is 0.134 e. The topological polar surface area (TPSA) is 20.3 Å². The maximum absolute atomic E-state index is 12.6. The van der Waals surface area contributed by atoms with Crippen LogP contribution in [0.4, 0.5) is 4.39 Å². The summed E-state index contributed by atoms with van der Waals surface area (Å²) in [5.74, 6) is 0.0284. The quantitative estimate of drug-likeness (QED) is 0.737. The summed E-state index contributed by atoms with van der Waals surface area (Å²) in [5.41, 5.74) is 1.01. The summed E-state index contributed by atoms with van der Waals surface area (Å²) in [6, 6.07) is 6.32. The van der Waals surface area contributed by atoms with Crippen LogP contribution in [-0.2, 0) is 11.2 Å². The predicted molar refractivity (Wildman–Crippen MR) is 62.9 cm³/mol. The largest absolute Gasteiger partial charge is 0.309 e. The molecule has 1 aromatic carbocycles. The van der Waals surface area contributed by atoms with Gasteiger partial charge in [-0.25, -0.2) is 4.39 Å². The maximum Gasteiger partial charge on any atom is 0.134 e. The minimum Gasteiger partial charge on any atom is -0.309 e. The highest BCUT2D eigenvalue weighted by molar-refractivity contribution is 5.78. The van der Waals surface area contributed by atoms with Crippen LogP contribution in [0.2, 0.25) is 0 Å². The average Bonchev–Trinajstić information content (AvgIpc) is 2.25. The van der Waals surface area contributed by atoms with Crippen molar-refractivity contribution in [1.29, 1.82) is 0 Å². The van der Waals surface area contributed by atoms with Gasteiger partial charge in [0.15, 0.2) is 0 Å². The van der Waals surface area contributed by atoms with E-state index in [0.717, 1.165) is 12.1 Å². The number of hydrogen-bond acceptors (Lipinski definition) is 2. The highest BCUT2D eigenvalue weighted by Gasteiger charge is 2.03.